The summed E-state index contributed by atoms with van der Waals surface area (Å²) in [5.41, 5.74) is 1.17. The Morgan fingerprint density at radius 2 is 2.36 bits per heavy atom. The van der Waals surface area contributed by atoms with Gasteiger partial charge in [-0.1, -0.05) is 0 Å². The molecule has 0 saturated carbocycles. The van der Waals surface area contributed by atoms with Gasteiger partial charge < -0.3 is 14.6 Å². The molecule has 78 valence electrons. The predicted molar refractivity (Wildman–Crippen MR) is 61.2 cm³/mol. The maximum absolute atomic E-state index is 5.21. The Morgan fingerprint density at radius 3 is 2.86 bits per heavy atom. The van der Waals surface area contributed by atoms with E-state index in [1.54, 1.807) is 6.26 Å². The molecular formula is C10H16N2OS. The van der Waals surface area contributed by atoms with E-state index in [1.807, 2.05) is 31.9 Å². The van der Waals surface area contributed by atoms with Gasteiger partial charge in [0.25, 0.3) is 0 Å². The summed E-state index contributed by atoms with van der Waals surface area (Å²) >= 11 is 5.18. The molecule has 0 aliphatic rings. The molecule has 3 nitrogen and oxygen atoms in total. The van der Waals surface area contributed by atoms with Gasteiger partial charge in [0.1, 0.15) is 5.76 Å². The fourth-order valence-corrected chi connectivity index (χ4v) is 1.40. The molecule has 1 heterocycles. The highest BCUT2D eigenvalue weighted by molar-refractivity contribution is 7.80. The second kappa shape index (κ2) is 5.00. The molecular weight excluding hydrogens is 196 g/mol. The molecule has 0 fully saturated rings. The van der Waals surface area contributed by atoms with Gasteiger partial charge in [0.05, 0.1) is 6.26 Å². The van der Waals surface area contributed by atoms with Crippen molar-refractivity contribution in [3.63, 3.8) is 0 Å². The van der Waals surface area contributed by atoms with Crippen molar-refractivity contribution in [1.82, 2.24) is 10.2 Å². The van der Waals surface area contributed by atoms with Gasteiger partial charge in [0.15, 0.2) is 5.11 Å². The largest absolute Gasteiger partial charge is 0.469 e. The van der Waals surface area contributed by atoms with Gasteiger partial charge in [0.2, 0.25) is 0 Å². The molecule has 1 aromatic rings. The smallest absolute Gasteiger partial charge is 0.168 e. The Morgan fingerprint density at radius 1 is 1.64 bits per heavy atom. The van der Waals surface area contributed by atoms with Crippen LogP contribution in [0.1, 0.15) is 18.2 Å². The van der Waals surface area contributed by atoms with E-state index in [1.165, 1.54) is 5.56 Å². The predicted octanol–water partition coefficient (Wildman–Crippen LogP) is 1.91. The van der Waals surface area contributed by atoms with Gasteiger partial charge in [-0.25, -0.2) is 0 Å². The molecule has 1 rings (SSSR count). The van der Waals surface area contributed by atoms with Crippen molar-refractivity contribution >= 4 is 17.3 Å². The molecule has 4 heteroatoms. The van der Waals surface area contributed by atoms with Crippen LogP contribution in [0, 0.1) is 6.92 Å². The van der Waals surface area contributed by atoms with Gasteiger partial charge in [0, 0.05) is 25.7 Å². The number of furan rings is 1. The summed E-state index contributed by atoms with van der Waals surface area (Å²) in [4.78, 5) is 2.00. The maximum atomic E-state index is 5.21. The van der Waals surface area contributed by atoms with E-state index in [4.69, 9.17) is 16.6 Å². The molecule has 0 aliphatic carbocycles. The second-order valence-corrected chi connectivity index (χ2v) is 3.58. The van der Waals surface area contributed by atoms with Gasteiger partial charge in [-0.15, -0.1) is 0 Å². The normalized spacial score (nSPS) is 9.93. The summed E-state index contributed by atoms with van der Waals surface area (Å²) in [6.07, 6.45) is 1.70. The number of nitrogens with one attached hydrogen (secondary N) is 1. The topological polar surface area (TPSA) is 28.4 Å². The molecule has 0 unspecified atom stereocenters. The first kappa shape index (κ1) is 11.0. The maximum Gasteiger partial charge on any atom is 0.168 e. The molecule has 1 aromatic heterocycles. The van der Waals surface area contributed by atoms with Crippen molar-refractivity contribution in [2.45, 2.75) is 20.4 Å². The molecule has 1 N–H and O–H groups in total. The number of rotatable bonds is 3. The fraction of sp³-hybridized carbons (Fsp3) is 0.500. The Balaban J connectivity index is 2.52. The average molecular weight is 212 g/mol. The summed E-state index contributed by atoms with van der Waals surface area (Å²) in [7, 11) is 1.97. The summed E-state index contributed by atoms with van der Waals surface area (Å²) in [6.45, 7) is 5.63. The Kier molecular flexibility index (Phi) is 3.95. The molecule has 0 aliphatic heterocycles. The molecule has 0 atom stereocenters. The van der Waals surface area contributed by atoms with E-state index in [-0.39, 0.29) is 0 Å². The lowest BCUT2D eigenvalue weighted by Crippen LogP contribution is -2.36. The zero-order valence-electron chi connectivity index (χ0n) is 8.83. The van der Waals surface area contributed by atoms with Crippen molar-refractivity contribution in [1.29, 1.82) is 0 Å². The van der Waals surface area contributed by atoms with Gasteiger partial charge in [-0.2, -0.15) is 0 Å². The molecule has 0 radical (unpaired) electrons. The van der Waals surface area contributed by atoms with Crippen LogP contribution < -0.4 is 5.32 Å². The van der Waals surface area contributed by atoms with E-state index in [0.29, 0.717) is 0 Å². The van der Waals surface area contributed by atoms with Crippen LogP contribution in [0.4, 0.5) is 0 Å². The first-order chi connectivity index (χ1) is 6.65. The highest BCUT2D eigenvalue weighted by Gasteiger charge is 2.07. The quantitative estimate of drug-likeness (QED) is 0.775. The van der Waals surface area contributed by atoms with Crippen LogP contribution in [-0.2, 0) is 6.54 Å². The number of hydrogen-bond acceptors (Lipinski definition) is 2. The van der Waals surface area contributed by atoms with Crippen molar-refractivity contribution in [3.05, 3.63) is 23.7 Å². The second-order valence-electron chi connectivity index (χ2n) is 3.19. The third-order valence-electron chi connectivity index (χ3n) is 2.05. The summed E-state index contributed by atoms with van der Waals surface area (Å²) in [5, 5.41) is 3.88. The Bertz CT molecular complexity index is 309. The van der Waals surface area contributed by atoms with Crippen molar-refractivity contribution in [2.24, 2.45) is 0 Å². The zero-order chi connectivity index (χ0) is 10.6. The van der Waals surface area contributed by atoms with Crippen LogP contribution in [0.3, 0.4) is 0 Å². The molecule has 14 heavy (non-hydrogen) atoms. The SMILES string of the molecule is CCNC(=S)N(C)Cc1ccoc1C. The monoisotopic (exact) mass is 212 g/mol. The van der Waals surface area contributed by atoms with Crippen LogP contribution >= 0.6 is 12.2 Å². The minimum absolute atomic E-state index is 0.771. The van der Waals surface area contributed by atoms with Crippen LogP contribution in [0.15, 0.2) is 16.7 Å². The van der Waals surface area contributed by atoms with Crippen LogP contribution in [0.2, 0.25) is 0 Å². The number of nitrogens with zero attached hydrogens (tertiary/aromatic N) is 1. The Labute approximate surface area is 90.1 Å². The van der Waals surface area contributed by atoms with Crippen LogP contribution in [-0.4, -0.2) is 23.6 Å². The van der Waals surface area contributed by atoms with Crippen molar-refractivity contribution in [2.75, 3.05) is 13.6 Å². The van der Waals surface area contributed by atoms with Crippen molar-refractivity contribution < 1.29 is 4.42 Å². The average Bonchev–Trinajstić information content (AvgIpc) is 2.52. The lowest BCUT2D eigenvalue weighted by molar-refractivity contribution is 0.474. The molecule has 0 amide bonds. The number of aryl methyl sites for hydroxylation is 1. The number of hydrogen-bond donors (Lipinski definition) is 1. The van der Waals surface area contributed by atoms with Crippen LogP contribution in [0.5, 0.6) is 0 Å². The molecule has 0 saturated heterocycles. The molecule has 0 spiro atoms. The highest BCUT2D eigenvalue weighted by atomic mass is 32.1. The highest BCUT2D eigenvalue weighted by Crippen LogP contribution is 2.10. The van der Waals surface area contributed by atoms with Gasteiger partial charge in [-0.05, 0) is 32.1 Å². The van der Waals surface area contributed by atoms with E-state index in [9.17, 15) is 0 Å². The summed E-state index contributed by atoms with van der Waals surface area (Å²) in [6, 6.07) is 1.97. The van der Waals surface area contributed by atoms with E-state index >= 15 is 0 Å². The summed E-state index contributed by atoms with van der Waals surface area (Å²) < 4.78 is 5.21. The van der Waals surface area contributed by atoms with E-state index in [0.717, 1.165) is 24.0 Å². The van der Waals surface area contributed by atoms with Crippen molar-refractivity contribution in [3.8, 4) is 0 Å². The third-order valence-corrected chi connectivity index (χ3v) is 2.50. The van der Waals surface area contributed by atoms with Crippen LogP contribution in [0.25, 0.3) is 0 Å². The first-order valence-electron chi connectivity index (χ1n) is 4.67. The molecule has 0 bridgehead atoms. The zero-order valence-corrected chi connectivity index (χ0v) is 9.65. The minimum Gasteiger partial charge on any atom is -0.469 e. The Hall–Kier alpha value is -1.03. The minimum atomic E-state index is 0.771. The standard InChI is InChI=1S/C10H16N2OS/c1-4-11-10(14)12(3)7-9-5-6-13-8(9)2/h5-6H,4,7H2,1-3H3,(H,11,14). The third kappa shape index (κ3) is 2.73. The summed E-state index contributed by atoms with van der Waals surface area (Å²) in [5.74, 6) is 0.955. The van der Waals surface area contributed by atoms with E-state index in [2.05, 4.69) is 5.32 Å². The molecule has 0 aromatic carbocycles. The first-order valence-corrected chi connectivity index (χ1v) is 5.08. The van der Waals surface area contributed by atoms with Gasteiger partial charge in [-0.3, -0.25) is 0 Å². The van der Waals surface area contributed by atoms with Gasteiger partial charge >= 0.3 is 0 Å². The number of thiocarbonyl (C=S) groups is 1. The lowest BCUT2D eigenvalue weighted by Gasteiger charge is -2.19. The van der Waals surface area contributed by atoms with E-state index < -0.39 is 0 Å². The fourth-order valence-electron chi connectivity index (χ4n) is 1.19. The lowest BCUT2D eigenvalue weighted by atomic mass is 10.2.